The van der Waals surface area contributed by atoms with Gasteiger partial charge in [0, 0.05) is 45.5 Å². The number of hydrogen-bond donors (Lipinski definition) is 1. The molecule has 15 heavy (non-hydrogen) atoms. The number of nitrogens with zero attached hydrogens (tertiary/aromatic N) is 4. The number of hydrogen-bond acceptors (Lipinski definition) is 4. The first kappa shape index (κ1) is 10.6. The highest BCUT2D eigenvalue weighted by Gasteiger charge is 2.18. The fraction of sp³-hybridized carbons (Fsp3) is 0.800. The van der Waals surface area contributed by atoms with Crippen LogP contribution in [-0.2, 0) is 13.6 Å². The average molecular weight is 209 g/mol. The van der Waals surface area contributed by atoms with Crippen LogP contribution >= 0.6 is 0 Å². The SMILES string of the molecule is CCC1CN(Cc2cn(C)nn2)CCN1. The number of piperazine rings is 1. The Morgan fingerprint density at radius 1 is 1.60 bits per heavy atom. The first-order valence-electron chi connectivity index (χ1n) is 5.59. The zero-order valence-electron chi connectivity index (χ0n) is 9.48. The molecule has 2 rings (SSSR count). The van der Waals surface area contributed by atoms with Gasteiger partial charge in [0.1, 0.15) is 0 Å². The Morgan fingerprint density at radius 3 is 3.13 bits per heavy atom. The van der Waals surface area contributed by atoms with Gasteiger partial charge in [-0.15, -0.1) is 5.10 Å². The third-order valence-electron chi connectivity index (χ3n) is 2.87. The molecule has 1 saturated heterocycles. The van der Waals surface area contributed by atoms with Gasteiger partial charge in [-0.05, 0) is 6.42 Å². The summed E-state index contributed by atoms with van der Waals surface area (Å²) in [5, 5.41) is 11.6. The highest BCUT2D eigenvalue weighted by Crippen LogP contribution is 2.06. The second kappa shape index (κ2) is 4.72. The Labute approximate surface area is 90.5 Å². The molecule has 0 aliphatic carbocycles. The van der Waals surface area contributed by atoms with Crippen molar-refractivity contribution in [2.45, 2.75) is 25.9 Å². The van der Waals surface area contributed by atoms with E-state index < -0.39 is 0 Å². The Balaban J connectivity index is 1.88. The summed E-state index contributed by atoms with van der Waals surface area (Å²) in [6.07, 6.45) is 3.18. The van der Waals surface area contributed by atoms with E-state index in [1.165, 1.54) is 6.42 Å². The van der Waals surface area contributed by atoms with E-state index in [9.17, 15) is 0 Å². The summed E-state index contributed by atoms with van der Waals surface area (Å²) in [5.74, 6) is 0. The Kier molecular flexibility index (Phi) is 3.33. The maximum absolute atomic E-state index is 4.11. The van der Waals surface area contributed by atoms with Crippen LogP contribution in [0.1, 0.15) is 19.0 Å². The number of aromatic nitrogens is 3. The normalized spacial score (nSPS) is 23.2. The molecule has 1 atom stereocenters. The monoisotopic (exact) mass is 209 g/mol. The van der Waals surface area contributed by atoms with Gasteiger partial charge in [-0.2, -0.15) is 0 Å². The first-order chi connectivity index (χ1) is 7.28. The van der Waals surface area contributed by atoms with Gasteiger partial charge < -0.3 is 5.32 Å². The maximum Gasteiger partial charge on any atom is 0.0967 e. The summed E-state index contributed by atoms with van der Waals surface area (Å²) >= 11 is 0. The topological polar surface area (TPSA) is 46.0 Å². The molecule has 0 aromatic carbocycles. The van der Waals surface area contributed by atoms with E-state index in [-0.39, 0.29) is 0 Å². The molecule has 0 bridgehead atoms. The number of rotatable bonds is 3. The zero-order chi connectivity index (χ0) is 10.7. The van der Waals surface area contributed by atoms with Crippen LogP contribution in [0.2, 0.25) is 0 Å². The Morgan fingerprint density at radius 2 is 2.47 bits per heavy atom. The lowest BCUT2D eigenvalue weighted by atomic mass is 10.1. The van der Waals surface area contributed by atoms with Crippen molar-refractivity contribution in [2.24, 2.45) is 7.05 Å². The van der Waals surface area contributed by atoms with Crippen molar-refractivity contribution in [1.82, 2.24) is 25.2 Å². The number of aryl methyl sites for hydroxylation is 1. The van der Waals surface area contributed by atoms with Crippen molar-refractivity contribution >= 4 is 0 Å². The van der Waals surface area contributed by atoms with Crippen LogP contribution in [0.3, 0.4) is 0 Å². The van der Waals surface area contributed by atoms with Crippen molar-refractivity contribution in [1.29, 1.82) is 0 Å². The van der Waals surface area contributed by atoms with Gasteiger partial charge in [-0.1, -0.05) is 12.1 Å². The molecular formula is C10H19N5. The van der Waals surface area contributed by atoms with Gasteiger partial charge in [0.05, 0.1) is 5.69 Å². The van der Waals surface area contributed by atoms with Crippen molar-refractivity contribution < 1.29 is 0 Å². The van der Waals surface area contributed by atoms with Crippen LogP contribution in [0.15, 0.2) is 6.20 Å². The summed E-state index contributed by atoms with van der Waals surface area (Å²) in [7, 11) is 1.91. The van der Waals surface area contributed by atoms with E-state index in [0.717, 1.165) is 31.9 Å². The predicted molar refractivity (Wildman–Crippen MR) is 58.4 cm³/mol. The van der Waals surface area contributed by atoms with E-state index in [0.29, 0.717) is 6.04 Å². The van der Waals surface area contributed by atoms with Crippen LogP contribution in [0.5, 0.6) is 0 Å². The van der Waals surface area contributed by atoms with E-state index >= 15 is 0 Å². The molecule has 1 aromatic heterocycles. The van der Waals surface area contributed by atoms with Crippen LogP contribution in [0, 0.1) is 0 Å². The molecule has 2 heterocycles. The maximum atomic E-state index is 4.11. The molecule has 1 aliphatic heterocycles. The van der Waals surface area contributed by atoms with Crippen molar-refractivity contribution in [2.75, 3.05) is 19.6 Å². The zero-order valence-corrected chi connectivity index (χ0v) is 9.48. The van der Waals surface area contributed by atoms with Crippen LogP contribution in [0.4, 0.5) is 0 Å². The minimum atomic E-state index is 0.635. The lowest BCUT2D eigenvalue weighted by Crippen LogP contribution is -2.49. The summed E-state index contributed by atoms with van der Waals surface area (Å²) in [5.41, 5.74) is 1.06. The Hall–Kier alpha value is -0.940. The van der Waals surface area contributed by atoms with E-state index in [1.807, 2.05) is 13.2 Å². The molecular weight excluding hydrogens is 190 g/mol. The molecule has 5 heteroatoms. The second-order valence-electron chi connectivity index (χ2n) is 4.18. The lowest BCUT2D eigenvalue weighted by molar-refractivity contribution is 0.188. The first-order valence-corrected chi connectivity index (χ1v) is 5.59. The van der Waals surface area contributed by atoms with Gasteiger partial charge in [-0.3, -0.25) is 9.58 Å². The highest BCUT2D eigenvalue weighted by molar-refractivity contribution is 4.93. The third-order valence-corrected chi connectivity index (χ3v) is 2.87. The summed E-state index contributed by atoms with van der Waals surface area (Å²) < 4.78 is 1.76. The Bertz CT molecular complexity index is 309. The molecule has 0 amide bonds. The fourth-order valence-electron chi connectivity index (χ4n) is 2.01. The van der Waals surface area contributed by atoms with Gasteiger partial charge in [0.25, 0.3) is 0 Å². The minimum Gasteiger partial charge on any atom is -0.311 e. The van der Waals surface area contributed by atoms with Gasteiger partial charge in [-0.25, -0.2) is 0 Å². The molecule has 0 radical (unpaired) electrons. The summed E-state index contributed by atoms with van der Waals surface area (Å²) in [6.45, 7) is 6.45. The minimum absolute atomic E-state index is 0.635. The average Bonchev–Trinajstić information content (AvgIpc) is 2.64. The molecule has 0 saturated carbocycles. The smallest absolute Gasteiger partial charge is 0.0967 e. The molecule has 1 fully saturated rings. The van der Waals surface area contributed by atoms with Crippen molar-refractivity contribution in [3.63, 3.8) is 0 Å². The molecule has 1 N–H and O–H groups in total. The van der Waals surface area contributed by atoms with E-state index in [1.54, 1.807) is 4.68 Å². The lowest BCUT2D eigenvalue weighted by Gasteiger charge is -2.32. The third kappa shape index (κ3) is 2.76. The van der Waals surface area contributed by atoms with Crippen molar-refractivity contribution in [3.05, 3.63) is 11.9 Å². The largest absolute Gasteiger partial charge is 0.311 e. The van der Waals surface area contributed by atoms with Gasteiger partial charge in [0.2, 0.25) is 0 Å². The van der Waals surface area contributed by atoms with Gasteiger partial charge in [0.15, 0.2) is 0 Å². The highest BCUT2D eigenvalue weighted by atomic mass is 15.4. The molecule has 0 spiro atoms. The van der Waals surface area contributed by atoms with Crippen LogP contribution in [-0.4, -0.2) is 45.6 Å². The number of nitrogens with one attached hydrogen (secondary N) is 1. The quantitative estimate of drug-likeness (QED) is 0.761. The fourth-order valence-corrected chi connectivity index (χ4v) is 2.01. The molecule has 84 valence electrons. The summed E-state index contributed by atoms with van der Waals surface area (Å²) in [4.78, 5) is 2.44. The standard InChI is InChI=1S/C10H19N5/c1-3-9-7-15(5-4-11-9)8-10-6-14(2)13-12-10/h6,9,11H,3-5,7-8H2,1-2H3. The van der Waals surface area contributed by atoms with Crippen LogP contribution in [0.25, 0.3) is 0 Å². The van der Waals surface area contributed by atoms with Gasteiger partial charge >= 0.3 is 0 Å². The molecule has 1 aliphatic rings. The second-order valence-corrected chi connectivity index (χ2v) is 4.18. The molecule has 1 unspecified atom stereocenters. The summed E-state index contributed by atoms with van der Waals surface area (Å²) in [6, 6.07) is 0.635. The molecule has 1 aromatic rings. The van der Waals surface area contributed by atoms with Crippen molar-refractivity contribution in [3.8, 4) is 0 Å². The van der Waals surface area contributed by atoms with E-state index in [4.69, 9.17) is 0 Å². The van der Waals surface area contributed by atoms with Crippen LogP contribution < -0.4 is 5.32 Å². The molecule has 5 nitrogen and oxygen atoms in total. The predicted octanol–water partition coefficient (Wildman–Crippen LogP) is -0.00110. The van der Waals surface area contributed by atoms with E-state index in [2.05, 4.69) is 27.5 Å².